The van der Waals surface area contributed by atoms with Crippen molar-refractivity contribution in [2.75, 3.05) is 5.43 Å². The fourth-order valence-corrected chi connectivity index (χ4v) is 2.78. The molecule has 3 rings (SSSR count). The lowest BCUT2D eigenvalue weighted by Crippen LogP contribution is -2.13. The highest BCUT2D eigenvalue weighted by Gasteiger charge is 2.32. The van der Waals surface area contributed by atoms with Gasteiger partial charge in [-0.2, -0.15) is 18.3 Å². The van der Waals surface area contributed by atoms with Gasteiger partial charge in [-0.05, 0) is 24.3 Å². The summed E-state index contributed by atoms with van der Waals surface area (Å²) in [5.74, 6) is 0. The van der Waals surface area contributed by atoms with Gasteiger partial charge in [-0.3, -0.25) is 35.6 Å². The van der Waals surface area contributed by atoms with Crippen molar-refractivity contribution in [3.8, 4) is 0 Å². The van der Waals surface area contributed by atoms with Crippen LogP contribution in [0, 0.1) is 20.2 Å². The molecule has 0 aliphatic rings. The molecule has 1 N–H and O–H groups in total. The highest BCUT2D eigenvalue weighted by Crippen LogP contribution is 2.32. The summed E-state index contributed by atoms with van der Waals surface area (Å²) in [6.07, 6.45) is -1.32. The molecule has 0 amide bonds. The Kier molecular flexibility index (Phi) is 6.30. The van der Waals surface area contributed by atoms with Crippen molar-refractivity contribution in [3.63, 3.8) is 0 Å². The van der Waals surface area contributed by atoms with E-state index in [-0.39, 0.29) is 22.1 Å². The Balaban J connectivity index is 2.09. The molecule has 0 radical (unpaired) electrons. The standard InChI is InChI=1S/C18H10ClF3N6O4/c19-13-6-11(18(20,21)22)9-24-17(13)16(10-2-1-5-23-8-10)26-25-14-4-3-12(27(29)30)7-15(14)28(31)32/h1-9,25H/b26-16-. The number of hydrogen-bond donors (Lipinski definition) is 1. The van der Waals surface area contributed by atoms with Crippen LogP contribution in [0.2, 0.25) is 5.02 Å². The molecule has 0 bridgehead atoms. The Hall–Kier alpha value is -4.13. The van der Waals surface area contributed by atoms with E-state index in [9.17, 15) is 33.4 Å². The van der Waals surface area contributed by atoms with Crippen LogP contribution in [0.4, 0.5) is 30.2 Å². The highest BCUT2D eigenvalue weighted by atomic mass is 35.5. The largest absolute Gasteiger partial charge is 0.417 e. The zero-order valence-electron chi connectivity index (χ0n) is 15.6. The maximum Gasteiger partial charge on any atom is 0.417 e. The lowest BCUT2D eigenvalue weighted by atomic mass is 10.1. The number of nitro groups is 2. The van der Waals surface area contributed by atoms with Crippen LogP contribution in [-0.2, 0) is 6.18 Å². The lowest BCUT2D eigenvalue weighted by Gasteiger charge is -2.12. The highest BCUT2D eigenvalue weighted by molar-refractivity contribution is 6.35. The first-order chi connectivity index (χ1) is 15.1. The first-order valence-corrected chi connectivity index (χ1v) is 8.85. The minimum atomic E-state index is -4.67. The predicted molar refractivity (Wildman–Crippen MR) is 107 cm³/mol. The molecular weight excluding hydrogens is 457 g/mol. The van der Waals surface area contributed by atoms with Gasteiger partial charge in [-0.1, -0.05) is 11.6 Å². The molecule has 0 fully saturated rings. The summed E-state index contributed by atoms with van der Waals surface area (Å²) in [5.41, 5.74) is 0.0576. The van der Waals surface area contributed by atoms with Crippen LogP contribution in [0.15, 0.2) is 60.1 Å². The van der Waals surface area contributed by atoms with Crippen molar-refractivity contribution >= 4 is 34.4 Å². The minimum absolute atomic E-state index is 0.0653. The van der Waals surface area contributed by atoms with E-state index in [1.807, 2.05) is 0 Å². The number of anilines is 1. The van der Waals surface area contributed by atoms with Crippen molar-refractivity contribution in [2.24, 2.45) is 5.10 Å². The third kappa shape index (κ3) is 4.95. The Morgan fingerprint density at radius 1 is 1.09 bits per heavy atom. The third-order valence-corrected chi connectivity index (χ3v) is 4.29. The number of nitrogens with one attached hydrogen (secondary N) is 1. The molecule has 164 valence electrons. The van der Waals surface area contributed by atoms with Gasteiger partial charge in [0.25, 0.3) is 5.69 Å². The van der Waals surface area contributed by atoms with Gasteiger partial charge in [0.2, 0.25) is 0 Å². The molecular formula is C18H10ClF3N6O4. The van der Waals surface area contributed by atoms with Gasteiger partial charge in [0, 0.05) is 30.2 Å². The number of non-ortho nitro benzene ring substituents is 1. The number of hydrazone groups is 1. The van der Waals surface area contributed by atoms with Crippen molar-refractivity contribution in [2.45, 2.75) is 6.18 Å². The molecule has 0 atom stereocenters. The Bertz CT molecular complexity index is 1220. The number of halogens is 4. The fraction of sp³-hybridized carbons (Fsp3) is 0.0556. The molecule has 0 aliphatic heterocycles. The number of benzene rings is 1. The zero-order valence-corrected chi connectivity index (χ0v) is 16.3. The average molecular weight is 467 g/mol. The molecule has 0 saturated carbocycles. The van der Waals surface area contributed by atoms with Crippen LogP contribution in [0.3, 0.4) is 0 Å². The predicted octanol–water partition coefficient (Wildman–Crippen LogP) is 4.83. The molecule has 14 heteroatoms. The van der Waals surface area contributed by atoms with E-state index in [0.29, 0.717) is 17.8 Å². The SMILES string of the molecule is O=[N+]([O-])c1ccc(N/N=C(/c2cccnc2)c2ncc(C(F)(F)F)cc2Cl)c([N+](=O)[O-])c1. The number of rotatable bonds is 6. The summed E-state index contributed by atoms with van der Waals surface area (Å²) >= 11 is 6.02. The second-order valence-corrected chi connectivity index (χ2v) is 6.49. The quantitative estimate of drug-likeness (QED) is 0.312. The van der Waals surface area contributed by atoms with E-state index in [0.717, 1.165) is 18.2 Å². The van der Waals surface area contributed by atoms with Crippen LogP contribution in [0.5, 0.6) is 0 Å². The van der Waals surface area contributed by atoms with E-state index in [2.05, 4.69) is 20.5 Å². The van der Waals surface area contributed by atoms with E-state index < -0.39 is 33.0 Å². The van der Waals surface area contributed by atoms with Crippen LogP contribution in [0.1, 0.15) is 16.8 Å². The molecule has 32 heavy (non-hydrogen) atoms. The van der Waals surface area contributed by atoms with Crippen LogP contribution < -0.4 is 5.43 Å². The molecule has 1 aromatic carbocycles. The Morgan fingerprint density at radius 3 is 2.41 bits per heavy atom. The molecule has 2 aromatic heterocycles. The Morgan fingerprint density at radius 2 is 1.84 bits per heavy atom. The van der Waals surface area contributed by atoms with Gasteiger partial charge in [-0.25, -0.2) is 0 Å². The topological polar surface area (TPSA) is 136 Å². The monoisotopic (exact) mass is 466 g/mol. The van der Waals surface area contributed by atoms with Crippen LogP contribution >= 0.6 is 11.6 Å². The van der Waals surface area contributed by atoms with Gasteiger partial charge in [-0.15, -0.1) is 0 Å². The first kappa shape index (κ1) is 22.6. The number of hydrogen-bond acceptors (Lipinski definition) is 8. The molecule has 0 saturated heterocycles. The van der Waals surface area contributed by atoms with Gasteiger partial charge >= 0.3 is 11.9 Å². The van der Waals surface area contributed by atoms with E-state index in [4.69, 9.17) is 11.6 Å². The van der Waals surface area contributed by atoms with Gasteiger partial charge in [0.15, 0.2) is 0 Å². The van der Waals surface area contributed by atoms with Crippen LogP contribution in [-0.4, -0.2) is 25.5 Å². The number of alkyl halides is 3. The summed E-state index contributed by atoms with van der Waals surface area (Å²) < 4.78 is 38.8. The number of nitrogens with zero attached hydrogens (tertiary/aromatic N) is 5. The number of aromatic nitrogens is 2. The first-order valence-electron chi connectivity index (χ1n) is 8.48. The van der Waals surface area contributed by atoms with E-state index in [1.54, 1.807) is 0 Å². The summed E-state index contributed by atoms with van der Waals surface area (Å²) in [4.78, 5) is 28.2. The van der Waals surface area contributed by atoms with Gasteiger partial charge in [0.05, 0.1) is 26.5 Å². The number of nitro benzene ring substituents is 2. The molecule has 3 aromatic rings. The summed E-state index contributed by atoms with van der Waals surface area (Å²) in [5, 5.41) is 25.9. The maximum atomic E-state index is 12.9. The molecule has 2 heterocycles. The molecule has 10 nitrogen and oxygen atoms in total. The zero-order chi connectivity index (χ0) is 23.5. The average Bonchev–Trinajstić information content (AvgIpc) is 2.74. The van der Waals surface area contributed by atoms with E-state index >= 15 is 0 Å². The van der Waals surface area contributed by atoms with Gasteiger partial charge in [0.1, 0.15) is 17.1 Å². The summed E-state index contributed by atoms with van der Waals surface area (Å²) in [6.45, 7) is 0. The molecule has 0 aliphatic carbocycles. The third-order valence-electron chi connectivity index (χ3n) is 4.00. The van der Waals surface area contributed by atoms with Crippen molar-refractivity contribution < 1.29 is 23.0 Å². The van der Waals surface area contributed by atoms with Gasteiger partial charge < -0.3 is 0 Å². The number of pyridine rings is 2. The minimum Gasteiger partial charge on any atom is -0.271 e. The second-order valence-electron chi connectivity index (χ2n) is 6.08. The maximum absolute atomic E-state index is 12.9. The summed E-state index contributed by atoms with van der Waals surface area (Å²) in [6, 6.07) is 6.56. The molecule has 0 spiro atoms. The second kappa shape index (κ2) is 8.93. The normalized spacial score (nSPS) is 11.8. The Labute approximate surface area is 181 Å². The smallest absolute Gasteiger partial charge is 0.271 e. The van der Waals surface area contributed by atoms with Crippen molar-refractivity contribution in [1.29, 1.82) is 0 Å². The lowest BCUT2D eigenvalue weighted by molar-refractivity contribution is -0.393. The van der Waals surface area contributed by atoms with Crippen LogP contribution in [0.25, 0.3) is 0 Å². The van der Waals surface area contributed by atoms with Crippen molar-refractivity contribution in [1.82, 2.24) is 9.97 Å². The fourth-order valence-electron chi connectivity index (χ4n) is 2.52. The summed E-state index contributed by atoms with van der Waals surface area (Å²) in [7, 11) is 0. The van der Waals surface area contributed by atoms with E-state index in [1.165, 1.54) is 24.5 Å². The molecule has 0 unspecified atom stereocenters. The van der Waals surface area contributed by atoms with Crippen molar-refractivity contribution in [3.05, 3.63) is 97.1 Å².